The monoisotopic (exact) mass is 451 g/mol. The number of hydrogen-bond acceptors (Lipinski definition) is 4. The maximum absolute atomic E-state index is 13.0. The summed E-state index contributed by atoms with van der Waals surface area (Å²) in [5, 5.41) is 3.13. The minimum absolute atomic E-state index is 0.0122. The van der Waals surface area contributed by atoms with Crippen molar-refractivity contribution in [2.45, 2.75) is 55.9 Å². The first-order chi connectivity index (χ1) is 15.4. The molecule has 6 heteroatoms. The minimum atomic E-state index is 0.0122. The lowest BCUT2D eigenvalue weighted by Crippen LogP contribution is -2.46. The van der Waals surface area contributed by atoms with Crippen LogP contribution in [0.4, 0.5) is 11.4 Å². The first kappa shape index (κ1) is 22.7. The standard InChI is InChI=1S/C26H33N3O2S/c1-18(2)19(3)27-26(31)20-12-15-28(16-13-20)25(30)14-17-29-21-8-4-6-10-23(21)32-24-11-7-5-9-22(24)29/h4-11,18-20H,12-17H2,1-3H3,(H,27,31). The summed E-state index contributed by atoms with van der Waals surface area (Å²) in [5.74, 6) is 0.743. The van der Waals surface area contributed by atoms with E-state index in [2.05, 4.69) is 79.5 Å². The molecule has 0 saturated carbocycles. The van der Waals surface area contributed by atoms with Crippen LogP contribution in [0.2, 0.25) is 0 Å². The molecule has 32 heavy (non-hydrogen) atoms. The molecule has 2 amide bonds. The van der Waals surface area contributed by atoms with E-state index in [1.807, 2.05) is 4.90 Å². The number of piperidine rings is 1. The van der Waals surface area contributed by atoms with Gasteiger partial charge in [0.1, 0.15) is 0 Å². The third-order valence-corrected chi connectivity index (χ3v) is 7.80. The zero-order chi connectivity index (χ0) is 22.7. The number of benzene rings is 2. The van der Waals surface area contributed by atoms with Gasteiger partial charge in [-0.1, -0.05) is 49.9 Å². The molecule has 1 saturated heterocycles. The predicted molar refractivity (Wildman–Crippen MR) is 130 cm³/mol. The molecule has 2 aliphatic rings. The summed E-state index contributed by atoms with van der Waals surface area (Å²) in [4.78, 5) is 32.2. The van der Waals surface area contributed by atoms with Crippen LogP contribution in [-0.4, -0.2) is 42.4 Å². The number of amides is 2. The van der Waals surface area contributed by atoms with Gasteiger partial charge in [-0.05, 0) is 49.9 Å². The normalized spacial score (nSPS) is 17.0. The van der Waals surface area contributed by atoms with E-state index in [-0.39, 0.29) is 23.8 Å². The van der Waals surface area contributed by atoms with Crippen molar-refractivity contribution < 1.29 is 9.59 Å². The zero-order valence-electron chi connectivity index (χ0n) is 19.2. The Balaban J connectivity index is 1.34. The van der Waals surface area contributed by atoms with Crippen LogP contribution in [0.25, 0.3) is 0 Å². The summed E-state index contributed by atoms with van der Waals surface area (Å²) in [6.45, 7) is 8.26. The molecule has 1 N–H and O–H groups in total. The van der Waals surface area contributed by atoms with Crippen LogP contribution >= 0.6 is 11.8 Å². The molecule has 5 nitrogen and oxygen atoms in total. The number of likely N-dealkylation sites (tertiary alicyclic amines) is 1. The van der Waals surface area contributed by atoms with Crippen molar-refractivity contribution in [2.24, 2.45) is 11.8 Å². The average molecular weight is 452 g/mol. The number of para-hydroxylation sites is 2. The number of hydrogen-bond donors (Lipinski definition) is 1. The Morgan fingerprint density at radius 2 is 1.53 bits per heavy atom. The Morgan fingerprint density at radius 3 is 2.09 bits per heavy atom. The highest BCUT2D eigenvalue weighted by molar-refractivity contribution is 7.99. The summed E-state index contributed by atoms with van der Waals surface area (Å²) in [5.41, 5.74) is 2.33. The first-order valence-corrected chi connectivity index (χ1v) is 12.5. The highest BCUT2D eigenvalue weighted by Gasteiger charge is 2.29. The van der Waals surface area contributed by atoms with Crippen LogP contribution in [-0.2, 0) is 9.59 Å². The zero-order valence-corrected chi connectivity index (χ0v) is 20.0. The fourth-order valence-electron chi connectivity index (χ4n) is 4.29. The van der Waals surface area contributed by atoms with Crippen LogP contribution in [0, 0.1) is 11.8 Å². The SMILES string of the molecule is CC(C)C(C)NC(=O)C1CCN(C(=O)CCN2c3ccccc3Sc3ccccc32)CC1. The van der Waals surface area contributed by atoms with Gasteiger partial charge in [-0.2, -0.15) is 0 Å². The van der Waals surface area contributed by atoms with E-state index in [1.54, 1.807) is 11.8 Å². The molecule has 1 fully saturated rings. The third kappa shape index (κ3) is 4.96. The lowest BCUT2D eigenvalue weighted by Gasteiger charge is -2.35. The molecule has 0 bridgehead atoms. The van der Waals surface area contributed by atoms with E-state index in [0.717, 1.165) is 12.8 Å². The molecule has 2 aromatic rings. The van der Waals surface area contributed by atoms with Crippen molar-refractivity contribution in [1.29, 1.82) is 0 Å². The average Bonchev–Trinajstić information content (AvgIpc) is 2.81. The second-order valence-corrected chi connectivity index (χ2v) is 10.2. The van der Waals surface area contributed by atoms with Crippen molar-refractivity contribution in [3.63, 3.8) is 0 Å². The Bertz CT molecular complexity index is 924. The summed E-state index contributed by atoms with van der Waals surface area (Å²) in [7, 11) is 0. The lowest BCUT2D eigenvalue weighted by molar-refractivity contribution is -0.135. The van der Waals surface area contributed by atoms with Gasteiger partial charge in [-0.3, -0.25) is 9.59 Å². The van der Waals surface area contributed by atoms with Gasteiger partial charge in [0, 0.05) is 47.8 Å². The Kier molecular flexibility index (Phi) is 7.09. The maximum atomic E-state index is 13.0. The van der Waals surface area contributed by atoms with E-state index < -0.39 is 0 Å². The van der Waals surface area contributed by atoms with Crippen molar-refractivity contribution in [1.82, 2.24) is 10.2 Å². The summed E-state index contributed by atoms with van der Waals surface area (Å²) < 4.78 is 0. The summed E-state index contributed by atoms with van der Waals surface area (Å²) in [6.07, 6.45) is 1.96. The molecule has 2 aromatic carbocycles. The van der Waals surface area contributed by atoms with E-state index in [0.29, 0.717) is 32.0 Å². The Hall–Kier alpha value is -2.47. The highest BCUT2D eigenvalue weighted by Crippen LogP contribution is 2.47. The molecule has 1 unspecified atom stereocenters. The molecular formula is C26H33N3O2S. The number of carbonyl (C=O) groups is 2. The predicted octanol–water partition coefficient (Wildman–Crippen LogP) is 5.08. The van der Waals surface area contributed by atoms with Gasteiger partial charge in [-0.15, -0.1) is 0 Å². The fourth-order valence-corrected chi connectivity index (χ4v) is 5.38. The van der Waals surface area contributed by atoms with Crippen molar-refractivity contribution in [3.8, 4) is 0 Å². The molecule has 1 atom stereocenters. The van der Waals surface area contributed by atoms with Gasteiger partial charge >= 0.3 is 0 Å². The van der Waals surface area contributed by atoms with E-state index in [9.17, 15) is 9.59 Å². The molecule has 2 aliphatic heterocycles. The number of rotatable bonds is 6. The van der Waals surface area contributed by atoms with Gasteiger partial charge in [0.05, 0.1) is 11.4 Å². The van der Waals surface area contributed by atoms with Gasteiger partial charge in [-0.25, -0.2) is 0 Å². The van der Waals surface area contributed by atoms with Gasteiger partial charge in [0.25, 0.3) is 0 Å². The Labute approximate surface area is 195 Å². The van der Waals surface area contributed by atoms with Crippen molar-refractivity contribution in [2.75, 3.05) is 24.5 Å². The first-order valence-electron chi connectivity index (χ1n) is 11.7. The van der Waals surface area contributed by atoms with Crippen LogP contribution in [0.15, 0.2) is 58.3 Å². The largest absolute Gasteiger partial charge is 0.353 e. The lowest BCUT2D eigenvalue weighted by atomic mass is 9.94. The number of anilines is 2. The number of carbonyl (C=O) groups excluding carboxylic acids is 2. The molecule has 0 spiro atoms. The smallest absolute Gasteiger partial charge is 0.224 e. The van der Waals surface area contributed by atoms with Gasteiger partial charge in [0.2, 0.25) is 11.8 Å². The second kappa shape index (κ2) is 9.99. The number of fused-ring (bicyclic) bond motifs is 2. The molecular weight excluding hydrogens is 418 g/mol. The summed E-state index contributed by atoms with van der Waals surface area (Å²) >= 11 is 1.78. The quantitative estimate of drug-likeness (QED) is 0.666. The Morgan fingerprint density at radius 1 is 0.969 bits per heavy atom. The topological polar surface area (TPSA) is 52.7 Å². The molecule has 2 heterocycles. The van der Waals surface area contributed by atoms with Crippen molar-refractivity contribution >= 4 is 35.0 Å². The van der Waals surface area contributed by atoms with E-state index in [1.165, 1.54) is 21.2 Å². The fraction of sp³-hybridized carbons (Fsp3) is 0.462. The number of nitrogens with one attached hydrogen (secondary N) is 1. The molecule has 4 rings (SSSR count). The second-order valence-electron chi connectivity index (χ2n) is 9.14. The minimum Gasteiger partial charge on any atom is -0.353 e. The molecule has 170 valence electrons. The molecule has 0 aromatic heterocycles. The number of nitrogens with zero attached hydrogens (tertiary/aromatic N) is 2. The van der Waals surface area contributed by atoms with Crippen LogP contribution in [0.3, 0.4) is 0 Å². The van der Waals surface area contributed by atoms with Gasteiger partial charge < -0.3 is 15.1 Å². The van der Waals surface area contributed by atoms with Gasteiger partial charge in [0.15, 0.2) is 0 Å². The van der Waals surface area contributed by atoms with E-state index in [4.69, 9.17) is 0 Å². The maximum Gasteiger partial charge on any atom is 0.224 e. The molecule has 0 aliphatic carbocycles. The van der Waals surface area contributed by atoms with Crippen molar-refractivity contribution in [3.05, 3.63) is 48.5 Å². The highest BCUT2D eigenvalue weighted by atomic mass is 32.2. The summed E-state index contributed by atoms with van der Waals surface area (Å²) in [6, 6.07) is 16.9. The van der Waals surface area contributed by atoms with Crippen LogP contribution in [0.5, 0.6) is 0 Å². The molecule has 0 radical (unpaired) electrons. The van der Waals surface area contributed by atoms with Crippen LogP contribution < -0.4 is 10.2 Å². The third-order valence-electron chi connectivity index (χ3n) is 6.67. The van der Waals surface area contributed by atoms with Crippen LogP contribution in [0.1, 0.15) is 40.0 Å². The van der Waals surface area contributed by atoms with E-state index >= 15 is 0 Å².